The van der Waals surface area contributed by atoms with Gasteiger partial charge in [0.2, 0.25) is 0 Å². The van der Waals surface area contributed by atoms with E-state index in [9.17, 15) is 14.7 Å². The summed E-state index contributed by atoms with van der Waals surface area (Å²) >= 11 is 3.34. The van der Waals surface area contributed by atoms with Crippen LogP contribution < -0.4 is 0 Å². The Labute approximate surface area is 132 Å². The first-order valence-corrected chi connectivity index (χ1v) is 7.70. The van der Waals surface area contributed by atoms with Gasteiger partial charge in [0.25, 0.3) is 5.91 Å². The second-order valence-corrected chi connectivity index (χ2v) is 5.97. The van der Waals surface area contributed by atoms with Gasteiger partial charge >= 0.3 is 5.97 Å². The SMILES string of the molecule is CCOC(=O)C1(O)CCN(C(=O)c2cccc(Br)c2)CC1. The van der Waals surface area contributed by atoms with E-state index in [1.807, 2.05) is 6.07 Å². The lowest BCUT2D eigenvalue weighted by Crippen LogP contribution is -2.51. The summed E-state index contributed by atoms with van der Waals surface area (Å²) in [5.74, 6) is -0.693. The maximum absolute atomic E-state index is 12.4. The number of carbonyl (C=O) groups excluding carboxylic acids is 2. The van der Waals surface area contributed by atoms with Crippen molar-refractivity contribution >= 4 is 27.8 Å². The third-order valence-corrected chi connectivity index (χ3v) is 4.10. The molecule has 1 aliphatic rings. The lowest BCUT2D eigenvalue weighted by molar-refractivity contribution is -0.169. The fraction of sp³-hybridized carbons (Fsp3) is 0.467. The molecule has 2 rings (SSSR count). The maximum Gasteiger partial charge on any atom is 0.338 e. The van der Waals surface area contributed by atoms with Gasteiger partial charge in [-0.3, -0.25) is 4.79 Å². The summed E-state index contributed by atoms with van der Waals surface area (Å²) in [5.41, 5.74) is -0.879. The van der Waals surface area contributed by atoms with E-state index in [1.165, 1.54) is 0 Å². The third kappa shape index (κ3) is 3.63. The van der Waals surface area contributed by atoms with E-state index in [-0.39, 0.29) is 25.4 Å². The molecule has 0 bridgehead atoms. The van der Waals surface area contributed by atoms with Crippen molar-refractivity contribution < 1.29 is 19.4 Å². The number of amides is 1. The molecule has 1 N–H and O–H groups in total. The lowest BCUT2D eigenvalue weighted by Gasteiger charge is -2.36. The van der Waals surface area contributed by atoms with Crippen molar-refractivity contribution in [1.29, 1.82) is 0 Å². The highest BCUT2D eigenvalue weighted by molar-refractivity contribution is 9.10. The molecule has 1 aromatic rings. The molecular formula is C15H18BrNO4. The predicted molar refractivity (Wildman–Crippen MR) is 80.9 cm³/mol. The average molecular weight is 356 g/mol. The Balaban J connectivity index is 2.01. The summed E-state index contributed by atoms with van der Waals surface area (Å²) in [6.45, 7) is 2.61. The largest absolute Gasteiger partial charge is 0.464 e. The zero-order valence-corrected chi connectivity index (χ0v) is 13.4. The molecule has 1 aliphatic heterocycles. The summed E-state index contributed by atoms with van der Waals surface area (Å²) in [5, 5.41) is 10.3. The number of piperidine rings is 1. The van der Waals surface area contributed by atoms with E-state index in [0.717, 1.165) is 4.47 Å². The maximum atomic E-state index is 12.4. The van der Waals surface area contributed by atoms with Gasteiger partial charge in [-0.2, -0.15) is 0 Å². The van der Waals surface area contributed by atoms with Crippen molar-refractivity contribution in [3.8, 4) is 0 Å². The van der Waals surface area contributed by atoms with Crippen LogP contribution in [-0.4, -0.2) is 47.2 Å². The van der Waals surface area contributed by atoms with E-state index in [0.29, 0.717) is 18.7 Å². The molecular weight excluding hydrogens is 338 g/mol. The Morgan fingerprint density at radius 2 is 2.05 bits per heavy atom. The molecule has 114 valence electrons. The first kappa shape index (κ1) is 16.0. The van der Waals surface area contributed by atoms with Crippen LogP contribution in [-0.2, 0) is 9.53 Å². The van der Waals surface area contributed by atoms with E-state index in [2.05, 4.69) is 15.9 Å². The van der Waals surface area contributed by atoms with E-state index in [1.54, 1.807) is 30.0 Å². The van der Waals surface area contributed by atoms with Gasteiger partial charge in [-0.1, -0.05) is 22.0 Å². The van der Waals surface area contributed by atoms with Gasteiger partial charge in [-0.25, -0.2) is 4.79 Å². The Hall–Kier alpha value is -1.40. The van der Waals surface area contributed by atoms with Gasteiger partial charge in [-0.15, -0.1) is 0 Å². The first-order chi connectivity index (χ1) is 9.96. The molecule has 1 saturated heterocycles. The summed E-state index contributed by atoms with van der Waals surface area (Å²) in [6.07, 6.45) is 0.400. The third-order valence-electron chi connectivity index (χ3n) is 3.60. The fourth-order valence-corrected chi connectivity index (χ4v) is 2.75. The zero-order chi connectivity index (χ0) is 15.5. The number of likely N-dealkylation sites (tertiary alicyclic amines) is 1. The number of rotatable bonds is 3. The predicted octanol–water partition coefficient (Wildman–Crippen LogP) is 1.98. The van der Waals surface area contributed by atoms with Gasteiger partial charge in [0.15, 0.2) is 5.60 Å². The summed E-state index contributed by atoms with van der Waals surface area (Å²) in [4.78, 5) is 25.7. The molecule has 0 saturated carbocycles. The van der Waals surface area contributed by atoms with Crippen molar-refractivity contribution in [3.63, 3.8) is 0 Å². The molecule has 1 fully saturated rings. The number of ether oxygens (including phenoxy) is 1. The monoisotopic (exact) mass is 355 g/mol. The van der Waals surface area contributed by atoms with Crippen LogP contribution >= 0.6 is 15.9 Å². The normalized spacial score (nSPS) is 17.4. The Morgan fingerprint density at radius 3 is 2.62 bits per heavy atom. The molecule has 21 heavy (non-hydrogen) atoms. The molecule has 0 spiro atoms. The number of nitrogens with zero attached hydrogens (tertiary/aromatic N) is 1. The van der Waals surface area contributed by atoms with Crippen LogP contribution in [0.25, 0.3) is 0 Å². The van der Waals surface area contributed by atoms with Crippen LogP contribution in [0.3, 0.4) is 0 Å². The Morgan fingerprint density at radius 1 is 1.38 bits per heavy atom. The Kier molecular flexibility index (Phi) is 5.00. The van der Waals surface area contributed by atoms with Gasteiger partial charge < -0.3 is 14.7 Å². The van der Waals surface area contributed by atoms with Gasteiger partial charge in [0, 0.05) is 36.0 Å². The minimum Gasteiger partial charge on any atom is -0.464 e. The zero-order valence-electron chi connectivity index (χ0n) is 11.8. The highest BCUT2D eigenvalue weighted by atomic mass is 79.9. The molecule has 5 nitrogen and oxygen atoms in total. The van der Waals surface area contributed by atoms with Gasteiger partial charge in [0.05, 0.1) is 6.61 Å². The first-order valence-electron chi connectivity index (χ1n) is 6.91. The topological polar surface area (TPSA) is 66.8 Å². The van der Waals surface area contributed by atoms with Crippen LogP contribution in [0.5, 0.6) is 0 Å². The number of esters is 1. The van der Waals surface area contributed by atoms with Crippen LogP contribution in [0.15, 0.2) is 28.7 Å². The van der Waals surface area contributed by atoms with Gasteiger partial charge in [0.1, 0.15) is 0 Å². The van der Waals surface area contributed by atoms with Crippen molar-refractivity contribution in [2.75, 3.05) is 19.7 Å². The van der Waals surface area contributed by atoms with Crippen LogP contribution in [0.4, 0.5) is 0 Å². The summed E-state index contributed by atoms with van der Waals surface area (Å²) in [7, 11) is 0. The van der Waals surface area contributed by atoms with Gasteiger partial charge in [-0.05, 0) is 25.1 Å². The molecule has 1 amide bonds. The number of hydrogen-bond acceptors (Lipinski definition) is 4. The lowest BCUT2D eigenvalue weighted by atomic mass is 9.91. The minimum atomic E-state index is -1.47. The molecule has 6 heteroatoms. The highest BCUT2D eigenvalue weighted by Gasteiger charge is 2.41. The standard InChI is InChI=1S/C15H18BrNO4/c1-2-21-14(19)15(20)6-8-17(9-7-15)13(18)11-4-3-5-12(16)10-11/h3-5,10,20H,2,6-9H2,1H3. The van der Waals surface area contributed by atoms with E-state index in [4.69, 9.17) is 4.74 Å². The smallest absolute Gasteiger partial charge is 0.338 e. The Bertz CT molecular complexity index is 538. The molecule has 1 heterocycles. The quantitative estimate of drug-likeness (QED) is 0.841. The summed E-state index contributed by atoms with van der Waals surface area (Å²) in [6, 6.07) is 7.16. The number of hydrogen-bond donors (Lipinski definition) is 1. The van der Waals surface area contributed by atoms with Crippen LogP contribution in [0.1, 0.15) is 30.1 Å². The summed E-state index contributed by atoms with van der Waals surface area (Å²) < 4.78 is 5.72. The molecule has 1 aromatic carbocycles. The molecule has 0 unspecified atom stereocenters. The van der Waals surface area contributed by atoms with E-state index >= 15 is 0 Å². The highest BCUT2D eigenvalue weighted by Crippen LogP contribution is 2.25. The minimum absolute atomic E-state index is 0.0952. The van der Waals surface area contributed by atoms with Crippen molar-refractivity contribution in [2.24, 2.45) is 0 Å². The second kappa shape index (κ2) is 6.58. The molecule has 0 aromatic heterocycles. The molecule has 0 atom stereocenters. The molecule has 0 radical (unpaired) electrons. The van der Waals surface area contributed by atoms with Crippen LogP contribution in [0, 0.1) is 0 Å². The fourth-order valence-electron chi connectivity index (χ4n) is 2.35. The molecule has 0 aliphatic carbocycles. The van der Waals surface area contributed by atoms with Crippen LogP contribution in [0.2, 0.25) is 0 Å². The average Bonchev–Trinajstić information content (AvgIpc) is 2.47. The number of benzene rings is 1. The second-order valence-electron chi connectivity index (χ2n) is 5.05. The number of carbonyl (C=O) groups is 2. The van der Waals surface area contributed by atoms with Crippen molar-refractivity contribution in [1.82, 2.24) is 4.90 Å². The van der Waals surface area contributed by atoms with Crippen molar-refractivity contribution in [3.05, 3.63) is 34.3 Å². The van der Waals surface area contributed by atoms with E-state index < -0.39 is 11.6 Å². The van der Waals surface area contributed by atoms with Crippen molar-refractivity contribution in [2.45, 2.75) is 25.4 Å². The number of aliphatic hydroxyl groups is 1. The number of halogens is 1.